The van der Waals surface area contributed by atoms with E-state index >= 15 is 0 Å². The molecule has 0 amide bonds. The van der Waals surface area contributed by atoms with Crippen molar-refractivity contribution in [1.82, 2.24) is 24.7 Å². The van der Waals surface area contributed by atoms with Crippen LogP contribution in [0.3, 0.4) is 0 Å². The molecule has 0 aliphatic rings. The predicted molar refractivity (Wildman–Crippen MR) is 95.9 cm³/mol. The molecular formula is C16H10ClF3N7O3+. The highest BCUT2D eigenvalue weighted by molar-refractivity contribution is 6.38. The minimum absolute atomic E-state index is 0.0383. The number of hydrogen-bond donors (Lipinski definition) is 2. The fourth-order valence-electron chi connectivity index (χ4n) is 2.88. The van der Waals surface area contributed by atoms with Gasteiger partial charge in [0, 0.05) is 0 Å². The van der Waals surface area contributed by atoms with Crippen molar-refractivity contribution in [2.45, 2.75) is 12.7 Å². The second-order valence-corrected chi connectivity index (χ2v) is 6.32. The maximum absolute atomic E-state index is 12.6. The summed E-state index contributed by atoms with van der Waals surface area (Å²) in [4.78, 5) is 37.4. The summed E-state index contributed by atoms with van der Waals surface area (Å²) in [6, 6.07) is 2.84. The molecule has 0 radical (unpaired) electrons. The lowest BCUT2D eigenvalue weighted by atomic mass is 10.2. The summed E-state index contributed by atoms with van der Waals surface area (Å²) >= 11 is 6.42. The topological polar surface area (TPSA) is 133 Å². The number of anilines is 1. The highest BCUT2D eigenvalue weighted by Crippen LogP contribution is 2.37. The number of nitrogens with one attached hydrogen (secondary N) is 1. The van der Waals surface area contributed by atoms with Gasteiger partial charge in [-0.3, -0.25) is 0 Å². The smallest absolute Gasteiger partial charge is 0.383 e. The van der Waals surface area contributed by atoms with E-state index in [0.29, 0.717) is 11.0 Å². The number of alkyl halides is 3. The number of H-pyrrole nitrogens is 1. The van der Waals surface area contributed by atoms with Crippen LogP contribution in [0.5, 0.6) is 0 Å². The van der Waals surface area contributed by atoms with E-state index in [-0.39, 0.29) is 50.8 Å². The van der Waals surface area contributed by atoms with Crippen LogP contribution in [0.15, 0.2) is 24.7 Å². The molecule has 3 N–H and O–H groups in total. The van der Waals surface area contributed by atoms with Crippen LogP contribution < -0.4 is 15.3 Å². The third kappa shape index (κ3) is 3.08. The fourth-order valence-corrected chi connectivity index (χ4v) is 3.17. The van der Waals surface area contributed by atoms with Crippen molar-refractivity contribution in [2.75, 3.05) is 5.73 Å². The number of carbonyl (C=O) groups excluding carboxylic acids is 2. The predicted octanol–water partition coefficient (Wildman–Crippen LogP) is 1.21. The molecule has 154 valence electrons. The Morgan fingerprint density at radius 3 is 2.87 bits per heavy atom. The van der Waals surface area contributed by atoms with Crippen LogP contribution in [-0.4, -0.2) is 43.2 Å². The molecular weight excluding hydrogens is 431 g/mol. The zero-order chi connectivity index (χ0) is 21.6. The van der Waals surface area contributed by atoms with Gasteiger partial charge in [0.2, 0.25) is 0 Å². The number of rotatable bonds is 4. The van der Waals surface area contributed by atoms with E-state index in [1.54, 1.807) is 0 Å². The van der Waals surface area contributed by atoms with E-state index < -0.39 is 12.1 Å². The van der Waals surface area contributed by atoms with Crippen molar-refractivity contribution in [3.8, 4) is 11.4 Å². The molecule has 0 unspecified atom stereocenters. The molecule has 0 saturated heterocycles. The van der Waals surface area contributed by atoms with E-state index in [0.717, 1.165) is 6.20 Å². The van der Waals surface area contributed by atoms with Gasteiger partial charge in [-0.05, 0) is 16.9 Å². The Bertz CT molecular complexity index is 1320. The van der Waals surface area contributed by atoms with Gasteiger partial charge in [-0.25, -0.2) is 29.3 Å². The molecule has 0 spiro atoms. The van der Waals surface area contributed by atoms with Gasteiger partial charge in [-0.1, -0.05) is 11.6 Å². The maximum atomic E-state index is 12.6. The maximum Gasteiger partial charge on any atom is 0.495 e. The molecule has 0 fully saturated rings. The SMILES string of the molecule is Nc1ncnc2c1c(-c1[nH]c3c(ccc[n+]3OC(=O)C(F)(F)F)c1Cl)nn2CC=O. The number of aromatic nitrogens is 6. The molecule has 0 aliphatic carbocycles. The summed E-state index contributed by atoms with van der Waals surface area (Å²) in [5.41, 5.74) is 6.49. The van der Waals surface area contributed by atoms with Gasteiger partial charge in [0.25, 0.3) is 0 Å². The quantitative estimate of drug-likeness (QED) is 0.360. The second-order valence-electron chi connectivity index (χ2n) is 5.94. The molecule has 4 heterocycles. The Labute approximate surface area is 169 Å². The van der Waals surface area contributed by atoms with Crippen molar-refractivity contribution in [3.63, 3.8) is 0 Å². The molecule has 4 rings (SSSR count). The average molecular weight is 441 g/mol. The molecule has 0 saturated carbocycles. The van der Waals surface area contributed by atoms with Crippen LogP contribution in [0.1, 0.15) is 0 Å². The monoisotopic (exact) mass is 440 g/mol. The molecule has 0 bridgehead atoms. The van der Waals surface area contributed by atoms with Gasteiger partial charge < -0.3 is 10.5 Å². The Morgan fingerprint density at radius 2 is 2.17 bits per heavy atom. The van der Waals surface area contributed by atoms with E-state index in [1.807, 2.05) is 0 Å². The molecule has 4 aromatic rings. The lowest BCUT2D eigenvalue weighted by molar-refractivity contribution is -0.851. The first-order valence-electron chi connectivity index (χ1n) is 8.14. The number of fused-ring (bicyclic) bond motifs is 2. The van der Waals surface area contributed by atoms with Crippen LogP contribution in [-0.2, 0) is 16.1 Å². The van der Waals surface area contributed by atoms with Gasteiger partial charge in [-0.15, -0.1) is 0 Å². The number of nitrogen functional groups attached to an aromatic ring is 1. The first-order chi connectivity index (χ1) is 14.2. The Balaban J connectivity index is 1.93. The highest BCUT2D eigenvalue weighted by atomic mass is 35.5. The lowest BCUT2D eigenvalue weighted by Gasteiger charge is -2.03. The van der Waals surface area contributed by atoms with Gasteiger partial charge in [-0.2, -0.15) is 18.3 Å². The summed E-state index contributed by atoms with van der Waals surface area (Å²) in [5, 5.41) is 4.89. The molecule has 0 aliphatic heterocycles. The Morgan fingerprint density at radius 1 is 1.40 bits per heavy atom. The van der Waals surface area contributed by atoms with Gasteiger partial charge >= 0.3 is 17.8 Å². The number of pyridine rings is 1. The first-order valence-corrected chi connectivity index (χ1v) is 8.52. The van der Waals surface area contributed by atoms with Crippen molar-refractivity contribution in [3.05, 3.63) is 29.7 Å². The van der Waals surface area contributed by atoms with Crippen LogP contribution >= 0.6 is 11.6 Å². The largest absolute Gasteiger partial charge is 0.495 e. The molecule has 4 aromatic heterocycles. The average Bonchev–Trinajstić information content (AvgIpc) is 3.21. The summed E-state index contributed by atoms with van der Waals surface area (Å²) in [6.45, 7) is -0.131. The highest BCUT2D eigenvalue weighted by Gasteiger charge is 2.44. The standard InChI is InChI=1S/C16H9ClF3N7O3/c17-9-7-2-1-3-27(30-15(29)16(18,19)20)13(7)24-11(9)10-8-12(21)22-6-23-14(8)26(25-10)4-5-28/h1-3,5-6H,4H2,(H2,21,22,23,25)/p+1. The van der Waals surface area contributed by atoms with Gasteiger partial charge in [0.05, 0.1) is 17.3 Å². The molecule has 14 heteroatoms. The third-order valence-corrected chi connectivity index (χ3v) is 4.51. The van der Waals surface area contributed by atoms with Gasteiger partial charge in [0.1, 0.15) is 35.3 Å². The normalized spacial score (nSPS) is 11.9. The summed E-state index contributed by atoms with van der Waals surface area (Å²) in [5.74, 6) is -2.36. The zero-order valence-corrected chi connectivity index (χ0v) is 15.4. The summed E-state index contributed by atoms with van der Waals surface area (Å²) < 4.78 is 39.6. The molecule has 0 atom stereocenters. The van der Waals surface area contributed by atoms with Crippen molar-refractivity contribution in [1.29, 1.82) is 0 Å². The molecule has 0 aromatic carbocycles. The number of aldehydes is 1. The minimum atomic E-state index is -5.19. The van der Waals surface area contributed by atoms with E-state index in [4.69, 9.17) is 17.3 Å². The number of nitrogens with two attached hydrogens (primary N) is 1. The van der Waals surface area contributed by atoms with Gasteiger partial charge in [0.15, 0.2) is 11.3 Å². The molecule has 30 heavy (non-hydrogen) atoms. The van der Waals surface area contributed by atoms with Crippen LogP contribution in [0.2, 0.25) is 5.02 Å². The van der Waals surface area contributed by atoms with Crippen molar-refractivity contribution in [2.24, 2.45) is 0 Å². The number of aromatic amines is 1. The first kappa shape index (κ1) is 19.6. The summed E-state index contributed by atoms with van der Waals surface area (Å²) in [6.07, 6.45) is -2.29. The minimum Gasteiger partial charge on any atom is -0.383 e. The van der Waals surface area contributed by atoms with E-state index in [1.165, 1.54) is 23.1 Å². The number of hydrogen-bond acceptors (Lipinski definition) is 7. The van der Waals surface area contributed by atoms with Crippen LogP contribution in [0.25, 0.3) is 33.5 Å². The zero-order valence-electron chi connectivity index (χ0n) is 14.6. The summed E-state index contributed by atoms with van der Waals surface area (Å²) in [7, 11) is 0. The fraction of sp³-hybridized carbons (Fsp3) is 0.125. The van der Waals surface area contributed by atoms with E-state index in [2.05, 4.69) is 24.9 Å². The second kappa shape index (κ2) is 6.95. The van der Waals surface area contributed by atoms with Crippen LogP contribution in [0, 0.1) is 0 Å². The number of nitrogens with zero attached hydrogens (tertiary/aromatic N) is 5. The number of carbonyl (C=O) groups is 2. The lowest BCUT2D eigenvalue weighted by Crippen LogP contribution is -2.50. The number of halogens is 4. The van der Waals surface area contributed by atoms with Crippen molar-refractivity contribution >= 4 is 51.7 Å². The third-order valence-electron chi connectivity index (χ3n) is 4.11. The Kier molecular flexibility index (Phi) is 4.53. The Hall–Kier alpha value is -3.74. The van der Waals surface area contributed by atoms with Crippen molar-refractivity contribution < 1.29 is 32.3 Å². The van der Waals surface area contributed by atoms with Crippen LogP contribution in [0.4, 0.5) is 19.0 Å². The van der Waals surface area contributed by atoms with E-state index in [9.17, 15) is 22.8 Å². The molecule has 10 nitrogen and oxygen atoms in total.